The van der Waals surface area contributed by atoms with Gasteiger partial charge in [-0.25, -0.2) is 0 Å². The van der Waals surface area contributed by atoms with Crippen LogP contribution in [0.4, 0.5) is 0 Å². The second-order valence-corrected chi connectivity index (χ2v) is 3.36. The Kier molecular flexibility index (Phi) is 2.56. The van der Waals surface area contributed by atoms with Crippen LogP contribution in [0.2, 0.25) is 0 Å². The minimum atomic E-state index is 0.624. The first-order chi connectivity index (χ1) is 4.70. The standard InChI is InChI=1S/C9H12Cl/c1-7(2)8-4-3-5-9(10)6-8/h3-5,7H,6H2,1-2H3. The molecule has 1 aliphatic rings. The molecule has 0 spiro atoms. The predicted molar refractivity (Wildman–Crippen MR) is 45.8 cm³/mol. The Balaban J connectivity index is 2.55. The minimum absolute atomic E-state index is 0.624. The van der Waals surface area contributed by atoms with Crippen LogP contribution in [-0.4, -0.2) is 0 Å². The van der Waals surface area contributed by atoms with E-state index in [0.717, 1.165) is 11.5 Å². The third kappa shape index (κ3) is 1.88. The van der Waals surface area contributed by atoms with Gasteiger partial charge in [0.15, 0.2) is 0 Å². The number of hydrogen-bond acceptors (Lipinski definition) is 0. The minimum Gasteiger partial charge on any atom is -0.0891 e. The maximum Gasteiger partial charge on any atom is 0.0189 e. The summed E-state index contributed by atoms with van der Waals surface area (Å²) in [6, 6.07) is 0. The van der Waals surface area contributed by atoms with E-state index in [4.69, 9.17) is 11.6 Å². The summed E-state index contributed by atoms with van der Waals surface area (Å²) in [5, 5.41) is 0.950. The molecule has 0 atom stereocenters. The molecule has 1 radical (unpaired) electrons. The number of allylic oxidation sites excluding steroid dienone is 4. The van der Waals surface area contributed by atoms with Crippen LogP contribution in [0.25, 0.3) is 0 Å². The lowest BCUT2D eigenvalue weighted by atomic mass is 9.90. The lowest BCUT2D eigenvalue weighted by Gasteiger charge is -2.17. The van der Waals surface area contributed by atoms with E-state index >= 15 is 0 Å². The molecule has 0 saturated heterocycles. The molecule has 0 nitrogen and oxygen atoms in total. The van der Waals surface area contributed by atoms with Crippen molar-refractivity contribution in [2.45, 2.75) is 20.3 Å². The monoisotopic (exact) mass is 155 g/mol. The van der Waals surface area contributed by atoms with E-state index in [1.807, 2.05) is 12.2 Å². The highest BCUT2D eigenvalue weighted by Crippen LogP contribution is 2.28. The molecule has 55 valence electrons. The van der Waals surface area contributed by atoms with E-state index in [2.05, 4.69) is 19.9 Å². The molecule has 1 heteroatoms. The average molecular weight is 156 g/mol. The van der Waals surface area contributed by atoms with Crippen molar-refractivity contribution >= 4 is 11.6 Å². The van der Waals surface area contributed by atoms with Crippen LogP contribution in [0.1, 0.15) is 20.3 Å². The SMILES string of the molecule is CC(C)[C]1C=CC=C(Cl)C1. The molecule has 0 aliphatic heterocycles. The van der Waals surface area contributed by atoms with Crippen LogP contribution >= 0.6 is 11.6 Å². The highest BCUT2D eigenvalue weighted by atomic mass is 35.5. The zero-order valence-electron chi connectivity index (χ0n) is 6.39. The molecule has 0 aromatic heterocycles. The van der Waals surface area contributed by atoms with E-state index in [1.54, 1.807) is 0 Å². The molecular formula is C9H12Cl. The number of rotatable bonds is 1. The zero-order chi connectivity index (χ0) is 7.56. The zero-order valence-corrected chi connectivity index (χ0v) is 7.15. The highest BCUT2D eigenvalue weighted by molar-refractivity contribution is 6.29. The number of hydrogen-bond donors (Lipinski definition) is 0. The number of halogens is 1. The Bertz CT molecular complexity index is 166. The maximum absolute atomic E-state index is 5.84. The van der Waals surface area contributed by atoms with Crippen LogP contribution in [0.3, 0.4) is 0 Å². The van der Waals surface area contributed by atoms with Gasteiger partial charge >= 0.3 is 0 Å². The van der Waals surface area contributed by atoms with Crippen molar-refractivity contribution in [1.29, 1.82) is 0 Å². The van der Waals surface area contributed by atoms with E-state index in [-0.39, 0.29) is 0 Å². The van der Waals surface area contributed by atoms with Gasteiger partial charge in [-0.05, 0) is 18.4 Å². The van der Waals surface area contributed by atoms with Gasteiger partial charge in [-0.2, -0.15) is 0 Å². The first-order valence-electron chi connectivity index (χ1n) is 3.58. The molecule has 0 heterocycles. The van der Waals surface area contributed by atoms with Gasteiger partial charge in [-0.3, -0.25) is 0 Å². The van der Waals surface area contributed by atoms with E-state index in [0.29, 0.717) is 5.92 Å². The first-order valence-corrected chi connectivity index (χ1v) is 3.96. The summed E-state index contributed by atoms with van der Waals surface area (Å²) >= 11 is 5.84. The lowest BCUT2D eigenvalue weighted by molar-refractivity contribution is 0.669. The second-order valence-electron chi connectivity index (χ2n) is 2.88. The van der Waals surface area contributed by atoms with Crippen LogP contribution in [0, 0.1) is 11.8 Å². The van der Waals surface area contributed by atoms with Crippen molar-refractivity contribution in [2.24, 2.45) is 5.92 Å². The normalized spacial score (nSPS) is 19.8. The summed E-state index contributed by atoms with van der Waals surface area (Å²) in [5.41, 5.74) is 0. The molecule has 0 aromatic carbocycles. The fourth-order valence-corrected chi connectivity index (χ4v) is 1.21. The van der Waals surface area contributed by atoms with E-state index in [9.17, 15) is 0 Å². The maximum atomic E-state index is 5.84. The van der Waals surface area contributed by atoms with Gasteiger partial charge in [0.25, 0.3) is 0 Å². The van der Waals surface area contributed by atoms with Crippen LogP contribution < -0.4 is 0 Å². The van der Waals surface area contributed by atoms with Gasteiger partial charge in [0.2, 0.25) is 0 Å². The van der Waals surface area contributed by atoms with Crippen LogP contribution in [0.5, 0.6) is 0 Å². The second kappa shape index (κ2) is 3.25. The van der Waals surface area contributed by atoms with Gasteiger partial charge in [0.1, 0.15) is 0 Å². The summed E-state index contributed by atoms with van der Waals surface area (Å²) in [7, 11) is 0. The summed E-state index contributed by atoms with van der Waals surface area (Å²) in [6.07, 6.45) is 7.06. The third-order valence-corrected chi connectivity index (χ3v) is 1.96. The molecule has 0 unspecified atom stereocenters. The van der Waals surface area contributed by atoms with Crippen molar-refractivity contribution in [3.05, 3.63) is 29.2 Å². The van der Waals surface area contributed by atoms with Gasteiger partial charge in [-0.15, -0.1) is 0 Å². The van der Waals surface area contributed by atoms with Gasteiger partial charge < -0.3 is 0 Å². The van der Waals surface area contributed by atoms with Crippen molar-refractivity contribution in [3.8, 4) is 0 Å². The Morgan fingerprint density at radius 1 is 1.50 bits per heavy atom. The highest BCUT2D eigenvalue weighted by Gasteiger charge is 2.13. The first kappa shape index (κ1) is 7.87. The quantitative estimate of drug-likeness (QED) is 0.545. The van der Waals surface area contributed by atoms with E-state index in [1.165, 1.54) is 5.92 Å². The smallest absolute Gasteiger partial charge is 0.0189 e. The van der Waals surface area contributed by atoms with Gasteiger partial charge in [-0.1, -0.05) is 37.6 Å². The molecular weight excluding hydrogens is 144 g/mol. The van der Waals surface area contributed by atoms with E-state index < -0.39 is 0 Å². The van der Waals surface area contributed by atoms with Crippen molar-refractivity contribution < 1.29 is 0 Å². The Hall–Kier alpha value is -0.230. The third-order valence-electron chi connectivity index (χ3n) is 1.70. The lowest BCUT2D eigenvalue weighted by Crippen LogP contribution is -2.04. The molecule has 0 amide bonds. The predicted octanol–water partition coefficient (Wildman–Crippen LogP) is 3.30. The summed E-state index contributed by atoms with van der Waals surface area (Å²) in [4.78, 5) is 0. The van der Waals surface area contributed by atoms with Gasteiger partial charge in [0.05, 0.1) is 0 Å². The van der Waals surface area contributed by atoms with Gasteiger partial charge in [0, 0.05) is 11.0 Å². The van der Waals surface area contributed by atoms with Crippen molar-refractivity contribution in [3.63, 3.8) is 0 Å². The molecule has 1 rings (SSSR count). The summed E-state index contributed by atoms with van der Waals surface area (Å²) in [6.45, 7) is 4.38. The molecule has 0 fully saturated rings. The Morgan fingerprint density at radius 2 is 2.20 bits per heavy atom. The average Bonchev–Trinajstić information content (AvgIpc) is 1.88. The molecule has 0 N–H and O–H groups in total. The molecule has 10 heavy (non-hydrogen) atoms. The van der Waals surface area contributed by atoms with Crippen LogP contribution in [-0.2, 0) is 0 Å². The molecule has 1 aliphatic carbocycles. The summed E-state index contributed by atoms with van der Waals surface area (Å²) in [5.74, 6) is 2.05. The summed E-state index contributed by atoms with van der Waals surface area (Å²) < 4.78 is 0. The van der Waals surface area contributed by atoms with Crippen LogP contribution in [0.15, 0.2) is 23.3 Å². The molecule has 0 saturated carbocycles. The fraction of sp³-hybridized carbons (Fsp3) is 0.444. The van der Waals surface area contributed by atoms with Crippen molar-refractivity contribution in [1.82, 2.24) is 0 Å². The largest absolute Gasteiger partial charge is 0.0891 e. The fourth-order valence-electron chi connectivity index (χ4n) is 0.986. The Labute approximate surface area is 67.6 Å². The van der Waals surface area contributed by atoms with Crippen molar-refractivity contribution in [2.75, 3.05) is 0 Å². The Morgan fingerprint density at radius 3 is 2.60 bits per heavy atom. The topological polar surface area (TPSA) is 0 Å². The molecule has 0 bridgehead atoms. The molecule has 0 aromatic rings.